The zero-order valence-electron chi connectivity index (χ0n) is 22.1. The molecule has 4 heterocycles. The van der Waals surface area contributed by atoms with Gasteiger partial charge in [-0.25, -0.2) is 9.79 Å². The maximum absolute atomic E-state index is 14.0. The van der Waals surface area contributed by atoms with E-state index >= 15 is 0 Å². The summed E-state index contributed by atoms with van der Waals surface area (Å²) in [6, 6.07) is 16.9. The number of allylic oxidation sites excluding steroid dienone is 1. The number of aryl methyl sites for hydroxylation is 1. The lowest BCUT2D eigenvalue weighted by atomic mass is 9.95. The molecule has 2 aliphatic rings. The molecule has 0 saturated carbocycles. The summed E-state index contributed by atoms with van der Waals surface area (Å²) >= 11 is 1.31. The highest BCUT2D eigenvalue weighted by Crippen LogP contribution is 2.38. The van der Waals surface area contributed by atoms with Gasteiger partial charge in [-0.3, -0.25) is 9.36 Å². The minimum Gasteiger partial charge on any atom is -0.463 e. The lowest BCUT2D eigenvalue weighted by Crippen LogP contribution is -2.39. The van der Waals surface area contributed by atoms with Gasteiger partial charge in [0.05, 0.1) is 28.5 Å². The molecule has 0 fully saturated rings. The highest BCUT2D eigenvalue weighted by atomic mass is 32.1. The predicted molar refractivity (Wildman–Crippen MR) is 148 cm³/mol. The fourth-order valence-electron chi connectivity index (χ4n) is 5.24. The number of hydrogen-bond donors (Lipinski definition) is 0. The minimum absolute atomic E-state index is 0.128. The quantitative estimate of drug-likeness (QED) is 0.358. The molecule has 2 aromatic heterocycles. The van der Waals surface area contributed by atoms with Crippen LogP contribution in [0.5, 0.6) is 11.5 Å². The molecule has 4 aromatic rings. The van der Waals surface area contributed by atoms with E-state index in [1.807, 2.05) is 50.3 Å². The monoisotopic (exact) mass is 541 g/mol. The third-order valence-electron chi connectivity index (χ3n) is 7.00. The van der Waals surface area contributed by atoms with E-state index in [0.29, 0.717) is 37.7 Å². The Morgan fingerprint density at radius 3 is 2.64 bits per heavy atom. The Labute approximate surface area is 228 Å². The third-order valence-corrected chi connectivity index (χ3v) is 7.98. The number of hydrogen-bond acceptors (Lipinski definition) is 7. The zero-order valence-corrected chi connectivity index (χ0v) is 22.9. The standard InChI is InChI=1S/C30H27N3O5S/c1-5-36-29(35)26-18(3)31-30-33(27(26)20-11-12-23-24(14-20)38-16-37-23)28(34)25(39-30)15-21-13-17(2)32(19(21)4)22-9-7-6-8-10-22/h6-15,27H,5,16H2,1-4H3/b25-15+/t27-/m0/s1. The number of rotatable bonds is 5. The van der Waals surface area contributed by atoms with Crippen molar-refractivity contribution in [2.24, 2.45) is 4.99 Å². The van der Waals surface area contributed by atoms with Gasteiger partial charge in [-0.2, -0.15) is 0 Å². The van der Waals surface area contributed by atoms with Crippen LogP contribution < -0.4 is 24.4 Å². The number of benzene rings is 2. The van der Waals surface area contributed by atoms with Gasteiger partial charge >= 0.3 is 5.97 Å². The number of aromatic nitrogens is 2. The Hall–Kier alpha value is -4.37. The van der Waals surface area contributed by atoms with Crippen molar-refractivity contribution in [3.8, 4) is 17.2 Å². The van der Waals surface area contributed by atoms with Crippen molar-refractivity contribution in [1.82, 2.24) is 9.13 Å². The summed E-state index contributed by atoms with van der Waals surface area (Å²) in [4.78, 5) is 32.3. The molecule has 0 N–H and O–H groups in total. The van der Waals surface area contributed by atoms with E-state index in [9.17, 15) is 9.59 Å². The van der Waals surface area contributed by atoms with Gasteiger partial charge in [-0.15, -0.1) is 0 Å². The molecule has 0 aliphatic carbocycles. The second-order valence-corrected chi connectivity index (χ2v) is 10.4. The second-order valence-electron chi connectivity index (χ2n) is 9.41. The van der Waals surface area contributed by atoms with E-state index in [0.717, 1.165) is 22.6 Å². The Kier molecular flexibility index (Phi) is 6.23. The Morgan fingerprint density at radius 1 is 1.10 bits per heavy atom. The van der Waals surface area contributed by atoms with Crippen LogP contribution in [0.1, 0.15) is 42.4 Å². The van der Waals surface area contributed by atoms with Crippen LogP contribution >= 0.6 is 11.3 Å². The predicted octanol–water partition coefficient (Wildman–Crippen LogP) is 3.93. The van der Waals surface area contributed by atoms with Gasteiger partial charge in [0, 0.05) is 17.1 Å². The summed E-state index contributed by atoms with van der Waals surface area (Å²) in [5.74, 6) is 0.696. The maximum atomic E-state index is 14.0. The van der Waals surface area contributed by atoms with Crippen molar-refractivity contribution in [2.75, 3.05) is 13.4 Å². The van der Waals surface area contributed by atoms with Gasteiger partial charge in [-0.1, -0.05) is 35.6 Å². The van der Waals surface area contributed by atoms with Gasteiger partial charge in [0.1, 0.15) is 0 Å². The van der Waals surface area contributed by atoms with Crippen molar-refractivity contribution < 1.29 is 19.0 Å². The fourth-order valence-corrected chi connectivity index (χ4v) is 6.28. The number of carbonyl (C=O) groups is 1. The first-order valence-electron chi connectivity index (χ1n) is 12.7. The molecule has 0 radical (unpaired) electrons. The maximum Gasteiger partial charge on any atom is 0.338 e. The number of fused-ring (bicyclic) bond motifs is 2. The summed E-state index contributed by atoms with van der Waals surface area (Å²) in [5.41, 5.74) is 5.44. The van der Waals surface area contributed by atoms with Gasteiger partial charge in [0.2, 0.25) is 6.79 Å². The van der Waals surface area contributed by atoms with E-state index in [4.69, 9.17) is 14.2 Å². The molecule has 198 valence electrons. The summed E-state index contributed by atoms with van der Waals surface area (Å²) in [5, 5.41) is 0. The lowest BCUT2D eigenvalue weighted by molar-refractivity contribution is -0.139. The van der Waals surface area contributed by atoms with Gasteiger partial charge in [-0.05, 0) is 75.2 Å². The van der Waals surface area contributed by atoms with E-state index < -0.39 is 12.0 Å². The molecule has 0 amide bonds. The average molecular weight is 542 g/mol. The molecule has 6 rings (SSSR count). The number of para-hydroxylation sites is 1. The first kappa shape index (κ1) is 24.9. The van der Waals surface area contributed by atoms with Crippen LogP contribution in [0.2, 0.25) is 0 Å². The van der Waals surface area contributed by atoms with Crippen LogP contribution in [-0.4, -0.2) is 28.5 Å². The van der Waals surface area contributed by atoms with Crippen LogP contribution in [-0.2, 0) is 9.53 Å². The second kappa shape index (κ2) is 9.74. The summed E-state index contributed by atoms with van der Waals surface area (Å²) in [6.45, 7) is 7.96. The molecule has 1 atom stereocenters. The minimum atomic E-state index is -0.714. The zero-order chi connectivity index (χ0) is 27.3. The summed E-state index contributed by atoms with van der Waals surface area (Å²) in [7, 11) is 0. The van der Waals surface area contributed by atoms with Crippen LogP contribution in [0.15, 0.2) is 75.7 Å². The fraction of sp³-hybridized carbons (Fsp3) is 0.233. The van der Waals surface area contributed by atoms with Crippen molar-refractivity contribution in [2.45, 2.75) is 33.7 Å². The van der Waals surface area contributed by atoms with E-state index in [1.54, 1.807) is 24.5 Å². The normalized spacial score (nSPS) is 16.3. The average Bonchev–Trinajstić information content (AvgIpc) is 3.59. The number of ether oxygens (including phenoxy) is 3. The topological polar surface area (TPSA) is 84.1 Å². The molecular weight excluding hydrogens is 514 g/mol. The Bertz CT molecular complexity index is 1830. The van der Waals surface area contributed by atoms with E-state index in [-0.39, 0.29) is 19.0 Å². The van der Waals surface area contributed by atoms with Crippen LogP contribution in [0, 0.1) is 13.8 Å². The van der Waals surface area contributed by atoms with Crippen molar-refractivity contribution in [3.63, 3.8) is 0 Å². The first-order valence-corrected chi connectivity index (χ1v) is 13.5. The molecule has 0 spiro atoms. The van der Waals surface area contributed by atoms with Crippen molar-refractivity contribution in [3.05, 3.63) is 108 Å². The smallest absolute Gasteiger partial charge is 0.338 e. The molecule has 0 saturated heterocycles. The van der Waals surface area contributed by atoms with Gasteiger partial charge in [0.25, 0.3) is 5.56 Å². The number of thiazole rings is 1. The Morgan fingerprint density at radius 2 is 1.87 bits per heavy atom. The van der Waals surface area contributed by atoms with Gasteiger partial charge < -0.3 is 18.8 Å². The highest BCUT2D eigenvalue weighted by Gasteiger charge is 2.34. The molecule has 39 heavy (non-hydrogen) atoms. The highest BCUT2D eigenvalue weighted by molar-refractivity contribution is 7.07. The largest absolute Gasteiger partial charge is 0.463 e. The molecule has 8 nitrogen and oxygen atoms in total. The molecule has 9 heteroatoms. The molecule has 0 unspecified atom stereocenters. The van der Waals surface area contributed by atoms with Crippen LogP contribution in [0.3, 0.4) is 0 Å². The number of nitrogens with zero attached hydrogens (tertiary/aromatic N) is 3. The molecular formula is C30H27N3O5S. The van der Waals surface area contributed by atoms with Crippen molar-refractivity contribution in [1.29, 1.82) is 0 Å². The SMILES string of the molecule is CCOC(=O)C1=C(C)N=c2s/c(=C/c3cc(C)n(-c4ccccc4)c3C)c(=O)n2[C@H]1c1ccc2c(c1)OCO2. The summed E-state index contributed by atoms with van der Waals surface area (Å²) < 4.78 is 20.7. The Balaban J connectivity index is 1.53. The van der Waals surface area contributed by atoms with E-state index in [1.165, 1.54) is 11.3 Å². The van der Waals surface area contributed by atoms with Crippen LogP contribution in [0.25, 0.3) is 11.8 Å². The summed E-state index contributed by atoms with van der Waals surface area (Å²) in [6.07, 6.45) is 1.91. The number of carbonyl (C=O) groups excluding carboxylic acids is 1. The lowest BCUT2D eigenvalue weighted by Gasteiger charge is -2.24. The van der Waals surface area contributed by atoms with Gasteiger partial charge in [0.15, 0.2) is 16.3 Å². The third kappa shape index (κ3) is 4.19. The van der Waals surface area contributed by atoms with Crippen LogP contribution in [0.4, 0.5) is 0 Å². The van der Waals surface area contributed by atoms with E-state index in [2.05, 4.69) is 27.8 Å². The first-order chi connectivity index (χ1) is 18.9. The molecule has 2 aliphatic heterocycles. The number of esters is 1. The molecule has 2 aromatic carbocycles. The molecule has 0 bridgehead atoms. The van der Waals surface area contributed by atoms with Crippen molar-refractivity contribution >= 4 is 23.4 Å².